The molecule has 0 atom stereocenters. The van der Waals surface area contributed by atoms with Crippen LogP contribution in [0, 0.1) is 0 Å². The lowest BCUT2D eigenvalue weighted by Crippen LogP contribution is -2.45. The summed E-state index contributed by atoms with van der Waals surface area (Å²) in [6, 6.07) is 8.80. The molecule has 7 heteroatoms. The molecule has 90 valence electrons. The Hall–Kier alpha value is -1.96. The summed E-state index contributed by atoms with van der Waals surface area (Å²) in [6.07, 6.45) is 0. The summed E-state index contributed by atoms with van der Waals surface area (Å²) in [6.45, 7) is 0. The number of rotatable bonds is 4. The molecule has 2 rings (SSSR count). The lowest BCUT2D eigenvalue weighted by Gasteiger charge is -2.22. The molecule has 1 aromatic carbocycles. The van der Waals surface area contributed by atoms with Gasteiger partial charge in [-0.1, -0.05) is 30.3 Å². The number of hydrogen-bond acceptors (Lipinski definition) is 7. The Morgan fingerprint density at radius 1 is 1.24 bits per heavy atom. The van der Waals surface area contributed by atoms with Gasteiger partial charge in [-0.2, -0.15) is 5.53 Å². The van der Waals surface area contributed by atoms with Gasteiger partial charge in [-0.3, -0.25) is 14.5 Å². The van der Waals surface area contributed by atoms with Crippen LogP contribution in [0.25, 0.3) is 0 Å². The van der Waals surface area contributed by atoms with Crippen LogP contribution in [0.4, 0.5) is 0 Å². The maximum atomic E-state index is 12.1. The van der Waals surface area contributed by atoms with E-state index in [1.54, 1.807) is 24.3 Å². The number of hydrazine groups is 2. The summed E-state index contributed by atoms with van der Waals surface area (Å²) < 4.78 is 0. The maximum absolute atomic E-state index is 12.1. The third-order valence-corrected chi connectivity index (χ3v) is 2.17. The summed E-state index contributed by atoms with van der Waals surface area (Å²) in [7, 11) is 2.83. The molecule has 0 aromatic heterocycles. The SMILES string of the molecule is CON1NN=C(C(=O)c2ccccc2)N1OC. The van der Waals surface area contributed by atoms with Crippen molar-refractivity contribution >= 4 is 11.6 Å². The van der Waals surface area contributed by atoms with Crippen LogP contribution in [-0.2, 0) is 9.68 Å². The van der Waals surface area contributed by atoms with Crippen molar-refractivity contribution < 1.29 is 14.5 Å². The molecule has 0 saturated carbocycles. The number of Topliss-reactive ketones (excluding diaryl/α,β-unsaturated/α-hetero) is 1. The Morgan fingerprint density at radius 3 is 2.53 bits per heavy atom. The van der Waals surface area contributed by atoms with Crippen molar-refractivity contribution in [3.8, 4) is 0 Å². The van der Waals surface area contributed by atoms with E-state index < -0.39 is 0 Å². The monoisotopic (exact) mass is 236 g/mol. The van der Waals surface area contributed by atoms with E-state index in [0.717, 1.165) is 10.5 Å². The molecular formula is C10H12N4O3. The number of nitrogens with one attached hydrogen (secondary N) is 1. The number of hydroxylamine groups is 1. The summed E-state index contributed by atoms with van der Waals surface area (Å²) in [5.74, 6) is -0.167. The van der Waals surface area contributed by atoms with Gasteiger partial charge in [-0.25, -0.2) is 0 Å². The van der Waals surface area contributed by atoms with Gasteiger partial charge >= 0.3 is 0 Å². The van der Waals surface area contributed by atoms with E-state index in [-0.39, 0.29) is 11.6 Å². The minimum atomic E-state index is -0.264. The Morgan fingerprint density at radius 2 is 1.94 bits per heavy atom. The number of ketones is 1. The summed E-state index contributed by atoms with van der Waals surface area (Å²) in [5, 5.41) is 6.05. The lowest BCUT2D eigenvalue weighted by molar-refractivity contribution is -0.363. The second-order valence-corrected chi connectivity index (χ2v) is 3.14. The number of hydrazone groups is 1. The van der Waals surface area contributed by atoms with Crippen molar-refractivity contribution in [3.63, 3.8) is 0 Å². The van der Waals surface area contributed by atoms with Gasteiger partial charge in [0.2, 0.25) is 11.6 Å². The van der Waals surface area contributed by atoms with Crippen LogP contribution >= 0.6 is 0 Å². The number of carbonyl (C=O) groups is 1. The highest BCUT2D eigenvalue weighted by molar-refractivity contribution is 6.44. The van der Waals surface area contributed by atoms with Crippen molar-refractivity contribution in [2.75, 3.05) is 14.2 Å². The van der Waals surface area contributed by atoms with Gasteiger partial charge in [-0.15, -0.1) is 10.3 Å². The maximum Gasteiger partial charge on any atom is 0.244 e. The second-order valence-electron chi connectivity index (χ2n) is 3.14. The van der Waals surface area contributed by atoms with E-state index in [1.807, 2.05) is 6.07 Å². The Kier molecular flexibility index (Phi) is 3.33. The fraction of sp³-hybridized carbons (Fsp3) is 0.200. The first kappa shape index (κ1) is 11.5. The molecule has 0 saturated heterocycles. The van der Waals surface area contributed by atoms with Crippen LogP contribution in [0.1, 0.15) is 10.4 Å². The molecule has 7 nitrogen and oxygen atoms in total. The highest BCUT2D eigenvalue weighted by atomic mass is 16.9. The minimum absolute atomic E-state index is 0.0977. The van der Waals surface area contributed by atoms with Crippen molar-refractivity contribution in [2.45, 2.75) is 0 Å². The Balaban J connectivity index is 2.21. The molecule has 0 radical (unpaired) electrons. The standard InChI is InChI=1S/C10H12N4O3/c1-16-13-10(11-12-14(13)17-2)9(15)8-6-4-3-5-7-8/h3-7,12H,1-2H3. The molecule has 1 N–H and O–H groups in total. The van der Waals surface area contributed by atoms with Gasteiger partial charge in [0.25, 0.3) is 0 Å². The molecule has 1 heterocycles. The van der Waals surface area contributed by atoms with Crippen LogP contribution < -0.4 is 5.53 Å². The normalized spacial score (nSPS) is 15.6. The molecule has 0 fully saturated rings. The summed E-state index contributed by atoms with van der Waals surface area (Å²) >= 11 is 0. The van der Waals surface area contributed by atoms with Crippen molar-refractivity contribution in [1.82, 2.24) is 16.0 Å². The Bertz CT molecular complexity index is 434. The summed E-state index contributed by atoms with van der Waals surface area (Å²) in [5.41, 5.74) is 3.01. The van der Waals surface area contributed by atoms with E-state index in [0.29, 0.717) is 5.56 Å². The molecule has 1 aliphatic rings. The van der Waals surface area contributed by atoms with Crippen molar-refractivity contribution in [1.29, 1.82) is 0 Å². The zero-order valence-corrected chi connectivity index (χ0v) is 9.45. The number of amidine groups is 1. The highest BCUT2D eigenvalue weighted by Gasteiger charge is 2.32. The molecule has 0 bridgehead atoms. The number of hydrogen-bond donors (Lipinski definition) is 1. The molecular weight excluding hydrogens is 224 g/mol. The van der Waals surface area contributed by atoms with Crippen molar-refractivity contribution in [2.24, 2.45) is 5.10 Å². The zero-order chi connectivity index (χ0) is 12.3. The van der Waals surface area contributed by atoms with Gasteiger partial charge in [0.15, 0.2) is 0 Å². The van der Waals surface area contributed by atoms with Gasteiger partial charge < -0.3 is 0 Å². The molecule has 0 unspecified atom stereocenters. The molecule has 17 heavy (non-hydrogen) atoms. The quantitative estimate of drug-likeness (QED) is 0.760. The van der Waals surface area contributed by atoms with Crippen LogP contribution in [0.2, 0.25) is 0 Å². The van der Waals surface area contributed by atoms with Crippen LogP contribution in [0.5, 0.6) is 0 Å². The third kappa shape index (κ3) is 2.11. The van der Waals surface area contributed by atoms with Gasteiger partial charge in [0.05, 0.1) is 14.2 Å². The number of nitrogens with zero attached hydrogens (tertiary/aromatic N) is 3. The largest absolute Gasteiger partial charge is 0.285 e. The molecule has 0 spiro atoms. The molecule has 0 amide bonds. The first-order valence-corrected chi connectivity index (χ1v) is 4.89. The Labute approximate surface area is 98.1 Å². The second kappa shape index (κ2) is 4.91. The molecule has 1 aliphatic heterocycles. The lowest BCUT2D eigenvalue weighted by atomic mass is 10.1. The topological polar surface area (TPSA) is 66.4 Å². The van der Waals surface area contributed by atoms with E-state index in [1.165, 1.54) is 14.2 Å². The van der Waals surface area contributed by atoms with Crippen molar-refractivity contribution in [3.05, 3.63) is 35.9 Å². The predicted molar refractivity (Wildman–Crippen MR) is 59.0 cm³/mol. The fourth-order valence-electron chi connectivity index (χ4n) is 1.39. The molecule has 1 aromatic rings. The average molecular weight is 236 g/mol. The summed E-state index contributed by atoms with van der Waals surface area (Å²) in [4.78, 5) is 22.0. The van der Waals surface area contributed by atoms with E-state index in [9.17, 15) is 4.79 Å². The third-order valence-electron chi connectivity index (χ3n) is 2.17. The van der Waals surface area contributed by atoms with Crippen LogP contribution in [0.3, 0.4) is 0 Å². The van der Waals surface area contributed by atoms with E-state index in [2.05, 4.69) is 10.6 Å². The van der Waals surface area contributed by atoms with Crippen LogP contribution in [-0.4, -0.2) is 36.3 Å². The van der Waals surface area contributed by atoms with E-state index in [4.69, 9.17) is 9.68 Å². The van der Waals surface area contributed by atoms with E-state index >= 15 is 0 Å². The predicted octanol–water partition coefficient (Wildman–Crippen LogP) is 0.343. The number of carbonyl (C=O) groups excluding carboxylic acids is 1. The highest BCUT2D eigenvalue weighted by Crippen LogP contribution is 2.10. The van der Waals surface area contributed by atoms with Crippen LogP contribution in [0.15, 0.2) is 35.4 Å². The smallest absolute Gasteiger partial charge is 0.244 e. The minimum Gasteiger partial charge on any atom is -0.285 e. The average Bonchev–Trinajstić information content (AvgIpc) is 2.81. The fourth-order valence-corrected chi connectivity index (χ4v) is 1.39. The van der Waals surface area contributed by atoms with Gasteiger partial charge in [-0.05, 0) is 0 Å². The van der Waals surface area contributed by atoms with Gasteiger partial charge in [0, 0.05) is 10.8 Å². The van der Waals surface area contributed by atoms with Gasteiger partial charge in [0.1, 0.15) is 0 Å². The first-order valence-electron chi connectivity index (χ1n) is 4.89. The first-order chi connectivity index (χ1) is 8.27. The zero-order valence-electron chi connectivity index (χ0n) is 9.45. The number of benzene rings is 1. The molecule has 0 aliphatic carbocycles.